The van der Waals surface area contributed by atoms with Crippen molar-refractivity contribution >= 4 is 47.2 Å². The highest BCUT2D eigenvalue weighted by atomic mass is 32.2. The molecule has 3 rings (SSSR count). The summed E-state index contributed by atoms with van der Waals surface area (Å²) in [7, 11) is 1.68. The number of carbonyl (C=O) groups excluding carboxylic acids is 2. The van der Waals surface area contributed by atoms with E-state index in [9.17, 15) is 9.59 Å². The van der Waals surface area contributed by atoms with E-state index in [-0.39, 0.29) is 12.5 Å². The SMILES string of the molecule is CSc1nn(-c2ccc(C(=O)OCC(=O)N(C)Cc3ccccc3)cc2)c(=S)s1. The van der Waals surface area contributed by atoms with Crippen LogP contribution in [0.4, 0.5) is 0 Å². The normalized spacial score (nSPS) is 10.6. The molecule has 0 saturated heterocycles. The molecule has 0 spiro atoms. The number of likely N-dealkylation sites (N-methyl/N-ethyl adjacent to an activating group) is 1. The van der Waals surface area contributed by atoms with Gasteiger partial charge in [-0.25, -0.2) is 9.48 Å². The number of carbonyl (C=O) groups is 2. The van der Waals surface area contributed by atoms with E-state index in [0.717, 1.165) is 15.6 Å². The van der Waals surface area contributed by atoms with E-state index in [4.69, 9.17) is 17.0 Å². The fraction of sp³-hybridized carbons (Fsp3) is 0.200. The van der Waals surface area contributed by atoms with Crippen LogP contribution in [0.15, 0.2) is 58.9 Å². The summed E-state index contributed by atoms with van der Waals surface area (Å²) >= 11 is 8.28. The molecule has 6 nitrogen and oxygen atoms in total. The van der Waals surface area contributed by atoms with Gasteiger partial charge in [-0.05, 0) is 48.3 Å². The van der Waals surface area contributed by atoms with Crippen LogP contribution in [0.2, 0.25) is 0 Å². The Bertz CT molecular complexity index is 1050. The maximum Gasteiger partial charge on any atom is 0.338 e. The van der Waals surface area contributed by atoms with Crippen molar-refractivity contribution in [2.45, 2.75) is 10.9 Å². The Labute approximate surface area is 182 Å². The lowest BCUT2D eigenvalue weighted by Gasteiger charge is -2.17. The number of hydrogen-bond donors (Lipinski definition) is 0. The maximum absolute atomic E-state index is 12.3. The van der Waals surface area contributed by atoms with Gasteiger partial charge in [0, 0.05) is 13.6 Å². The maximum atomic E-state index is 12.3. The summed E-state index contributed by atoms with van der Waals surface area (Å²) < 4.78 is 8.33. The van der Waals surface area contributed by atoms with Gasteiger partial charge in [-0.15, -0.1) is 5.10 Å². The molecule has 0 bridgehead atoms. The molecule has 0 aliphatic carbocycles. The molecule has 2 aromatic carbocycles. The molecule has 0 fully saturated rings. The fourth-order valence-electron chi connectivity index (χ4n) is 2.51. The van der Waals surface area contributed by atoms with Gasteiger partial charge in [-0.2, -0.15) is 0 Å². The molecule has 1 amide bonds. The van der Waals surface area contributed by atoms with E-state index in [1.807, 2.05) is 36.6 Å². The van der Waals surface area contributed by atoms with Gasteiger partial charge in [0.2, 0.25) is 0 Å². The summed E-state index contributed by atoms with van der Waals surface area (Å²) in [5.41, 5.74) is 2.14. The van der Waals surface area contributed by atoms with E-state index >= 15 is 0 Å². The average molecular weight is 446 g/mol. The number of amides is 1. The Hall–Kier alpha value is -2.49. The van der Waals surface area contributed by atoms with Gasteiger partial charge < -0.3 is 9.64 Å². The van der Waals surface area contributed by atoms with Crippen molar-refractivity contribution in [3.63, 3.8) is 0 Å². The number of ether oxygens (including phenoxy) is 1. The highest BCUT2D eigenvalue weighted by Crippen LogP contribution is 2.22. The number of thioether (sulfide) groups is 1. The summed E-state index contributed by atoms with van der Waals surface area (Å²) in [6.07, 6.45) is 1.94. The fourth-order valence-corrected chi connectivity index (χ4v) is 4.29. The van der Waals surface area contributed by atoms with Crippen LogP contribution in [-0.4, -0.2) is 46.5 Å². The number of hydrogen-bond acceptors (Lipinski definition) is 7. The minimum Gasteiger partial charge on any atom is -0.452 e. The Balaban J connectivity index is 1.57. The van der Waals surface area contributed by atoms with Gasteiger partial charge in [-0.3, -0.25) is 4.79 Å². The first-order valence-electron chi connectivity index (χ1n) is 8.67. The van der Waals surface area contributed by atoms with Gasteiger partial charge in [0.05, 0.1) is 11.3 Å². The largest absolute Gasteiger partial charge is 0.452 e. The summed E-state index contributed by atoms with van der Waals surface area (Å²) in [5, 5.41) is 4.41. The molecule has 3 aromatic rings. The Kier molecular flexibility index (Phi) is 7.18. The van der Waals surface area contributed by atoms with Crippen LogP contribution in [0.5, 0.6) is 0 Å². The second kappa shape index (κ2) is 9.82. The molecular formula is C20H19N3O3S3. The summed E-state index contributed by atoms with van der Waals surface area (Å²) in [6.45, 7) is 0.149. The van der Waals surface area contributed by atoms with Crippen LogP contribution < -0.4 is 0 Å². The Morgan fingerprint density at radius 2 is 1.86 bits per heavy atom. The number of esters is 1. The minimum atomic E-state index is -0.551. The molecule has 29 heavy (non-hydrogen) atoms. The molecule has 150 valence electrons. The molecule has 0 N–H and O–H groups in total. The highest BCUT2D eigenvalue weighted by Gasteiger charge is 2.14. The van der Waals surface area contributed by atoms with Gasteiger partial charge in [0.1, 0.15) is 0 Å². The standard InChI is InChI=1S/C20H19N3O3S3/c1-22(12-14-6-4-3-5-7-14)17(24)13-26-18(25)15-8-10-16(11-9-15)23-20(27)29-19(21-23)28-2/h3-11H,12-13H2,1-2H3. The molecular weight excluding hydrogens is 426 g/mol. The Morgan fingerprint density at radius 3 is 2.48 bits per heavy atom. The summed E-state index contributed by atoms with van der Waals surface area (Å²) in [6, 6.07) is 16.4. The topological polar surface area (TPSA) is 64.4 Å². The third-order valence-electron chi connectivity index (χ3n) is 4.07. The van der Waals surface area contributed by atoms with E-state index < -0.39 is 5.97 Å². The second-order valence-corrected chi connectivity index (χ2v) is 8.78. The van der Waals surface area contributed by atoms with Crippen LogP contribution in [0.3, 0.4) is 0 Å². The van der Waals surface area contributed by atoms with Crippen molar-refractivity contribution in [3.05, 3.63) is 69.7 Å². The average Bonchev–Trinajstić information content (AvgIpc) is 3.13. The molecule has 0 aliphatic rings. The van der Waals surface area contributed by atoms with Gasteiger partial charge >= 0.3 is 5.97 Å². The molecule has 9 heteroatoms. The zero-order valence-corrected chi connectivity index (χ0v) is 18.4. The minimum absolute atomic E-state index is 0.266. The molecule has 1 aromatic heterocycles. The summed E-state index contributed by atoms with van der Waals surface area (Å²) in [5.74, 6) is -0.818. The van der Waals surface area contributed by atoms with Crippen molar-refractivity contribution < 1.29 is 14.3 Å². The first-order valence-corrected chi connectivity index (χ1v) is 11.1. The van der Waals surface area contributed by atoms with Crippen LogP contribution in [-0.2, 0) is 16.1 Å². The number of nitrogens with zero attached hydrogens (tertiary/aromatic N) is 3. The lowest BCUT2D eigenvalue weighted by Crippen LogP contribution is -2.30. The van der Waals surface area contributed by atoms with Gasteiger partial charge in [-0.1, -0.05) is 53.4 Å². The van der Waals surface area contributed by atoms with Crippen molar-refractivity contribution in [1.82, 2.24) is 14.7 Å². The molecule has 0 saturated carbocycles. The molecule has 0 atom stereocenters. The van der Waals surface area contributed by atoms with Crippen molar-refractivity contribution in [1.29, 1.82) is 0 Å². The lowest BCUT2D eigenvalue weighted by atomic mass is 10.2. The van der Waals surface area contributed by atoms with Gasteiger partial charge in [0.15, 0.2) is 14.9 Å². The van der Waals surface area contributed by atoms with E-state index in [0.29, 0.717) is 16.1 Å². The second-order valence-electron chi connectivity index (χ2n) is 6.11. The number of aromatic nitrogens is 2. The highest BCUT2D eigenvalue weighted by molar-refractivity contribution is 8.00. The zero-order valence-electron chi connectivity index (χ0n) is 15.9. The van der Waals surface area contributed by atoms with Crippen molar-refractivity contribution in [3.8, 4) is 5.69 Å². The monoisotopic (exact) mass is 445 g/mol. The molecule has 0 radical (unpaired) electrons. The van der Waals surface area contributed by atoms with Crippen molar-refractivity contribution in [2.24, 2.45) is 0 Å². The first kappa shape index (κ1) is 21.2. The van der Waals surface area contributed by atoms with E-state index in [2.05, 4.69) is 5.10 Å². The van der Waals surface area contributed by atoms with Crippen LogP contribution in [0.25, 0.3) is 5.69 Å². The lowest BCUT2D eigenvalue weighted by molar-refractivity contribution is -0.133. The van der Waals surface area contributed by atoms with Gasteiger partial charge in [0.25, 0.3) is 5.91 Å². The molecule has 1 heterocycles. The number of rotatable bonds is 7. The number of benzene rings is 2. The smallest absolute Gasteiger partial charge is 0.338 e. The molecule has 0 unspecified atom stereocenters. The van der Waals surface area contributed by atoms with E-state index in [1.165, 1.54) is 28.0 Å². The van der Waals surface area contributed by atoms with Crippen LogP contribution >= 0.6 is 35.3 Å². The van der Waals surface area contributed by atoms with E-state index in [1.54, 1.807) is 36.0 Å². The third-order valence-corrected chi connectivity index (χ3v) is 6.27. The quantitative estimate of drug-likeness (QED) is 0.309. The molecule has 0 aliphatic heterocycles. The third kappa shape index (κ3) is 5.53. The first-order chi connectivity index (χ1) is 14.0. The van der Waals surface area contributed by atoms with Crippen molar-refractivity contribution in [2.75, 3.05) is 19.9 Å². The summed E-state index contributed by atoms with van der Waals surface area (Å²) in [4.78, 5) is 26.0. The predicted octanol–water partition coefficient (Wildman–Crippen LogP) is 4.20. The Morgan fingerprint density at radius 1 is 1.17 bits per heavy atom. The van der Waals surface area contributed by atoms with Crippen LogP contribution in [0.1, 0.15) is 15.9 Å². The van der Waals surface area contributed by atoms with Crippen LogP contribution in [0, 0.1) is 3.95 Å². The predicted molar refractivity (Wildman–Crippen MR) is 117 cm³/mol. The zero-order chi connectivity index (χ0) is 20.8.